The normalized spacial score (nSPS) is 11.4. The summed E-state index contributed by atoms with van der Waals surface area (Å²) in [5, 5.41) is 15.3. The fourth-order valence-corrected chi connectivity index (χ4v) is 1.30. The molecular formula is C11H13N3O4. The second kappa shape index (κ2) is 5.76. The van der Waals surface area contributed by atoms with Gasteiger partial charge in [0.2, 0.25) is 5.91 Å². The van der Waals surface area contributed by atoms with E-state index in [4.69, 9.17) is 0 Å². The van der Waals surface area contributed by atoms with Crippen LogP contribution in [0.4, 0.5) is 5.69 Å². The topological polar surface area (TPSA) is 101 Å². The maximum Gasteiger partial charge on any atom is 0.269 e. The standard InChI is InChI=1S/C11H13N3O4/c1-7(10(15)12-2)13-11(16)8-3-5-9(6-4-8)14(17)18/h3-7H,1-2H3,(H,12,15)(H,13,16). The first-order valence-electron chi connectivity index (χ1n) is 5.22. The number of amides is 2. The van der Waals surface area contributed by atoms with Crippen LogP contribution in [-0.2, 0) is 4.79 Å². The van der Waals surface area contributed by atoms with Crippen molar-refractivity contribution in [1.82, 2.24) is 10.6 Å². The number of carbonyl (C=O) groups is 2. The minimum atomic E-state index is -0.669. The van der Waals surface area contributed by atoms with Crippen LogP contribution in [0.15, 0.2) is 24.3 Å². The summed E-state index contributed by atoms with van der Waals surface area (Å²) in [5.74, 6) is -0.772. The molecule has 0 saturated carbocycles. The van der Waals surface area contributed by atoms with E-state index < -0.39 is 16.9 Å². The maximum atomic E-state index is 11.7. The van der Waals surface area contributed by atoms with Crippen molar-refractivity contribution in [2.24, 2.45) is 0 Å². The van der Waals surface area contributed by atoms with E-state index in [0.29, 0.717) is 0 Å². The van der Waals surface area contributed by atoms with E-state index in [1.54, 1.807) is 6.92 Å². The molecule has 0 saturated heterocycles. The quantitative estimate of drug-likeness (QED) is 0.599. The number of carbonyl (C=O) groups excluding carboxylic acids is 2. The maximum absolute atomic E-state index is 11.7. The number of benzene rings is 1. The Balaban J connectivity index is 2.73. The van der Waals surface area contributed by atoms with E-state index in [9.17, 15) is 19.7 Å². The highest BCUT2D eigenvalue weighted by Gasteiger charge is 2.15. The third-order valence-electron chi connectivity index (χ3n) is 2.33. The van der Waals surface area contributed by atoms with Gasteiger partial charge in [-0.1, -0.05) is 0 Å². The molecule has 7 nitrogen and oxygen atoms in total. The molecule has 1 aromatic rings. The van der Waals surface area contributed by atoms with Crippen molar-refractivity contribution in [1.29, 1.82) is 0 Å². The number of rotatable bonds is 4. The molecule has 0 fully saturated rings. The lowest BCUT2D eigenvalue weighted by atomic mass is 10.2. The zero-order chi connectivity index (χ0) is 13.7. The first-order valence-corrected chi connectivity index (χ1v) is 5.22. The summed E-state index contributed by atoms with van der Waals surface area (Å²) in [6, 6.07) is 4.48. The summed E-state index contributed by atoms with van der Waals surface area (Å²) < 4.78 is 0. The molecule has 2 amide bonds. The van der Waals surface area contributed by atoms with Crippen molar-refractivity contribution in [3.05, 3.63) is 39.9 Å². The monoisotopic (exact) mass is 251 g/mol. The minimum absolute atomic E-state index is 0.0918. The molecule has 0 radical (unpaired) electrons. The summed E-state index contributed by atoms with van der Waals surface area (Å²) in [5.41, 5.74) is 0.169. The van der Waals surface area contributed by atoms with E-state index in [2.05, 4.69) is 10.6 Å². The van der Waals surface area contributed by atoms with E-state index in [1.165, 1.54) is 31.3 Å². The molecule has 0 bridgehead atoms. The molecule has 0 aliphatic rings. The number of hydrogen-bond donors (Lipinski definition) is 2. The first kappa shape index (κ1) is 13.6. The fraction of sp³-hybridized carbons (Fsp3) is 0.273. The predicted molar refractivity (Wildman–Crippen MR) is 64.1 cm³/mol. The van der Waals surface area contributed by atoms with Gasteiger partial charge in [0, 0.05) is 24.7 Å². The van der Waals surface area contributed by atoms with Crippen LogP contribution >= 0.6 is 0 Å². The van der Waals surface area contributed by atoms with Crippen LogP contribution in [0.1, 0.15) is 17.3 Å². The molecule has 96 valence electrons. The Morgan fingerprint density at radius 1 is 1.28 bits per heavy atom. The molecule has 2 N–H and O–H groups in total. The van der Waals surface area contributed by atoms with Crippen LogP contribution in [0.2, 0.25) is 0 Å². The minimum Gasteiger partial charge on any atom is -0.357 e. The Labute approximate surface area is 103 Å². The summed E-state index contributed by atoms with van der Waals surface area (Å²) in [7, 11) is 1.47. The average molecular weight is 251 g/mol. The molecule has 0 aliphatic carbocycles. The lowest BCUT2D eigenvalue weighted by Crippen LogP contribution is -2.43. The van der Waals surface area contributed by atoms with Gasteiger partial charge in [-0.15, -0.1) is 0 Å². The lowest BCUT2D eigenvalue weighted by Gasteiger charge is -2.11. The highest BCUT2D eigenvalue weighted by atomic mass is 16.6. The third-order valence-corrected chi connectivity index (χ3v) is 2.33. The number of nitrogens with zero attached hydrogens (tertiary/aromatic N) is 1. The first-order chi connectivity index (χ1) is 8.45. The lowest BCUT2D eigenvalue weighted by molar-refractivity contribution is -0.384. The van der Waals surface area contributed by atoms with Crippen LogP contribution in [0.25, 0.3) is 0 Å². The molecule has 1 unspecified atom stereocenters. The summed E-state index contributed by atoms with van der Waals surface area (Å²) in [6.45, 7) is 1.54. The van der Waals surface area contributed by atoms with Crippen LogP contribution in [-0.4, -0.2) is 29.8 Å². The van der Waals surface area contributed by atoms with E-state index in [1.807, 2.05) is 0 Å². The molecule has 1 atom stereocenters. The van der Waals surface area contributed by atoms with Crippen molar-refractivity contribution in [3.8, 4) is 0 Å². The van der Waals surface area contributed by atoms with Crippen LogP contribution in [0.5, 0.6) is 0 Å². The Morgan fingerprint density at radius 2 is 1.83 bits per heavy atom. The molecule has 1 aromatic carbocycles. The third kappa shape index (κ3) is 3.27. The fourth-order valence-electron chi connectivity index (χ4n) is 1.30. The van der Waals surface area contributed by atoms with Gasteiger partial charge >= 0.3 is 0 Å². The average Bonchev–Trinajstić information content (AvgIpc) is 2.37. The van der Waals surface area contributed by atoms with Gasteiger partial charge in [-0.05, 0) is 19.1 Å². The van der Waals surface area contributed by atoms with Gasteiger partial charge in [0.05, 0.1) is 4.92 Å². The largest absolute Gasteiger partial charge is 0.357 e. The van der Waals surface area contributed by atoms with Crippen molar-refractivity contribution in [3.63, 3.8) is 0 Å². The summed E-state index contributed by atoms with van der Waals surface area (Å²) in [6.07, 6.45) is 0. The van der Waals surface area contributed by atoms with Crippen molar-refractivity contribution in [2.75, 3.05) is 7.05 Å². The van der Waals surface area contributed by atoms with Gasteiger partial charge in [-0.2, -0.15) is 0 Å². The molecule has 7 heteroatoms. The second-order valence-corrected chi connectivity index (χ2v) is 3.61. The van der Waals surface area contributed by atoms with Gasteiger partial charge in [0.15, 0.2) is 0 Å². The molecule has 18 heavy (non-hydrogen) atoms. The van der Waals surface area contributed by atoms with Gasteiger partial charge in [-0.25, -0.2) is 0 Å². The number of nitro benzene ring substituents is 1. The van der Waals surface area contributed by atoms with Gasteiger partial charge in [-0.3, -0.25) is 19.7 Å². The zero-order valence-corrected chi connectivity index (χ0v) is 9.97. The van der Waals surface area contributed by atoms with Crippen molar-refractivity contribution >= 4 is 17.5 Å². The van der Waals surface area contributed by atoms with E-state index >= 15 is 0 Å². The molecule has 0 aliphatic heterocycles. The number of nitrogens with one attached hydrogen (secondary N) is 2. The van der Waals surface area contributed by atoms with E-state index in [-0.39, 0.29) is 17.2 Å². The highest BCUT2D eigenvalue weighted by Crippen LogP contribution is 2.11. The van der Waals surface area contributed by atoms with Crippen LogP contribution < -0.4 is 10.6 Å². The molecular weight excluding hydrogens is 238 g/mol. The van der Waals surface area contributed by atoms with Gasteiger partial charge in [0.25, 0.3) is 11.6 Å². The molecule has 1 rings (SSSR count). The molecule has 0 heterocycles. The van der Waals surface area contributed by atoms with Crippen LogP contribution in [0, 0.1) is 10.1 Å². The summed E-state index contributed by atoms with van der Waals surface area (Å²) in [4.78, 5) is 32.8. The Bertz CT molecular complexity index is 470. The number of likely N-dealkylation sites (N-methyl/N-ethyl adjacent to an activating group) is 1. The number of hydrogen-bond acceptors (Lipinski definition) is 4. The predicted octanol–water partition coefficient (Wildman–Crippen LogP) is 0.459. The molecule has 0 spiro atoms. The Morgan fingerprint density at radius 3 is 2.28 bits per heavy atom. The van der Waals surface area contributed by atoms with Crippen molar-refractivity contribution in [2.45, 2.75) is 13.0 Å². The highest BCUT2D eigenvalue weighted by molar-refractivity contribution is 5.97. The smallest absolute Gasteiger partial charge is 0.269 e. The van der Waals surface area contributed by atoms with Gasteiger partial charge < -0.3 is 10.6 Å². The van der Waals surface area contributed by atoms with Crippen LogP contribution in [0.3, 0.4) is 0 Å². The van der Waals surface area contributed by atoms with E-state index in [0.717, 1.165) is 0 Å². The second-order valence-electron chi connectivity index (χ2n) is 3.61. The number of nitro groups is 1. The Kier molecular flexibility index (Phi) is 4.36. The van der Waals surface area contributed by atoms with Gasteiger partial charge in [0.1, 0.15) is 6.04 Å². The number of non-ortho nitro benzene ring substituents is 1. The van der Waals surface area contributed by atoms with Crippen molar-refractivity contribution < 1.29 is 14.5 Å². The SMILES string of the molecule is CNC(=O)C(C)NC(=O)c1ccc([N+](=O)[O-])cc1. The summed E-state index contributed by atoms with van der Waals surface area (Å²) >= 11 is 0. The molecule has 0 aromatic heterocycles. The Hall–Kier alpha value is -2.44. The zero-order valence-electron chi connectivity index (χ0n) is 9.97.